The summed E-state index contributed by atoms with van der Waals surface area (Å²) in [6, 6.07) is 7.59. The summed E-state index contributed by atoms with van der Waals surface area (Å²) in [6.07, 6.45) is 0. The summed E-state index contributed by atoms with van der Waals surface area (Å²) in [5.74, 6) is 0.202. The van der Waals surface area contributed by atoms with Crippen molar-refractivity contribution < 1.29 is 14.2 Å². The average Bonchev–Trinajstić information content (AvgIpc) is 2.46. The molecule has 0 atom stereocenters. The Bertz CT molecular complexity index is 661. The van der Waals surface area contributed by atoms with Crippen molar-refractivity contribution in [2.24, 2.45) is 0 Å². The number of aliphatic hydroxyl groups excluding tert-OH is 1. The summed E-state index contributed by atoms with van der Waals surface area (Å²) in [5.41, 5.74) is 1.77. The summed E-state index contributed by atoms with van der Waals surface area (Å²) in [5, 5.41) is 9.31. The average molecular weight is 420 g/mol. The lowest BCUT2D eigenvalue weighted by atomic mass is 10.1. The molecule has 3 nitrogen and oxygen atoms in total. The smallest absolute Gasteiger partial charge is 0.159 e. The molecule has 0 radical (unpaired) electrons. The molecule has 0 amide bonds. The van der Waals surface area contributed by atoms with Crippen molar-refractivity contribution in [3.05, 3.63) is 57.0 Å². The van der Waals surface area contributed by atoms with Crippen LogP contribution in [0.4, 0.5) is 4.39 Å². The molecule has 0 fully saturated rings. The van der Waals surface area contributed by atoms with Gasteiger partial charge in [0.05, 0.1) is 10.2 Å². The van der Waals surface area contributed by atoms with Crippen molar-refractivity contribution in [2.45, 2.75) is 0 Å². The van der Waals surface area contributed by atoms with E-state index in [2.05, 4.69) is 34.2 Å². The predicted octanol–water partition coefficient (Wildman–Crippen LogP) is 4.07. The Balaban J connectivity index is 2.43. The third kappa shape index (κ3) is 4.15. The summed E-state index contributed by atoms with van der Waals surface area (Å²) in [6.45, 7) is 3.70. The van der Waals surface area contributed by atoms with Gasteiger partial charge >= 0.3 is 0 Å². The SMILES string of the molecule is C=C(CO)COc1c(I)cc(Cl)nc1-c1ccc(F)cc1. The molecular formula is C15H12ClFINO2. The Kier molecular flexibility index (Phi) is 5.55. The van der Waals surface area contributed by atoms with Crippen molar-refractivity contribution in [2.75, 3.05) is 13.2 Å². The highest BCUT2D eigenvalue weighted by Gasteiger charge is 2.14. The number of rotatable bonds is 5. The third-order valence-electron chi connectivity index (χ3n) is 2.66. The van der Waals surface area contributed by atoms with E-state index >= 15 is 0 Å². The van der Waals surface area contributed by atoms with Crippen LogP contribution in [0, 0.1) is 9.39 Å². The van der Waals surface area contributed by atoms with Gasteiger partial charge in [0.2, 0.25) is 0 Å². The Hall–Kier alpha value is -1.18. The Labute approximate surface area is 140 Å². The van der Waals surface area contributed by atoms with E-state index in [1.165, 1.54) is 12.1 Å². The maximum Gasteiger partial charge on any atom is 0.159 e. The Morgan fingerprint density at radius 2 is 2.05 bits per heavy atom. The van der Waals surface area contributed by atoms with Crippen LogP contribution < -0.4 is 4.74 Å². The van der Waals surface area contributed by atoms with E-state index < -0.39 is 0 Å². The molecule has 0 aliphatic rings. The van der Waals surface area contributed by atoms with E-state index in [-0.39, 0.29) is 19.0 Å². The van der Waals surface area contributed by atoms with Crippen LogP contribution in [0.25, 0.3) is 11.3 Å². The number of halogens is 3. The van der Waals surface area contributed by atoms with Gasteiger partial charge in [0, 0.05) is 5.56 Å². The van der Waals surface area contributed by atoms with Crippen LogP contribution in [-0.4, -0.2) is 23.3 Å². The van der Waals surface area contributed by atoms with E-state index in [4.69, 9.17) is 21.4 Å². The number of hydrogen-bond acceptors (Lipinski definition) is 3. The monoisotopic (exact) mass is 419 g/mol. The molecule has 2 aromatic rings. The number of pyridine rings is 1. The predicted molar refractivity (Wildman–Crippen MR) is 89.1 cm³/mol. The first-order valence-electron chi connectivity index (χ1n) is 6.03. The fourth-order valence-electron chi connectivity index (χ4n) is 1.63. The van der Waals surface area contributed by atoms with Crippen molar-refractivity contribution in [1.29, 1.82) is 0 Å². The molecule has 0 spiro atoms. The molecule has 2 rings (SSSR count). The van der Waals surface area contributed by atoms with Gasteiger partial charge in [-0.2, -0.15) is 0 Å². The first-order valence-corrected chi connectivity index (χ1v) is 7.49. The van der Waals surface area contributed by atoms with Gasteiger partial charge in [0.25, 0.3) is 0 Å². The van der Waals surface area contributed by atoms with E-state index in [9.17, 15) is 4.39 Å². The van der Waals surface area contributed by atoms with Gasteiger partial charge in [0.1, 0.15) is 23.3 Å². The normalized spacial score (nSPS) is 10.5. The highest BCUT2D eigenvalue weighted by Crippen LogP contribution is 2.34. The molecule has 1 heterocycles. The quantitative estimate of drug-likeness (QED) is 0.451. The van der Waals surface area contributed by atoms with Gasteiger partial charge in [-0.25, -0.2) is 9.37 Å². The second kappa shape index (κ2) is 7.20. The van der Waals surface area contributed by atoms with Crippen LogP contribution in [-0.2, 0) is 0 Å². The molecule has 110 valence electrons. The molecule has 0 aliphatic carbocycles. The zero-order valence-electron chi connectivity index (χ0n) is 10.9. The van der Waals surface area contributed by atoms with Gasteiger partial charge < -0.3 is 9.84 Å². The van der Waals surface area contributed by atoms with Gasteiger partial charge in [-0.1, -0.05) is 18.2 Å². The van der Waals surface area contributed by atoms with Crippen LogP contribution in [0.5, 0.6) is 5.75 Å². The Morgan fingerprint density at radius 1 is 1.38 bits per heavy atom. The van der Waals surface area contributed by atoms with Gasteiger partial charge in [0.15, 0.2) is 5.75 Å². The Morgan fingerprint density at radius 3 is 2.67 bits per heavy atom. The highest BCUT2D eigenvalue weighted by molar-refractivity contribution is 14.1. The zero-order chi connectivity index (χ0) is 15.4. The molecule has 1 aromatic heterocycles. The van der Waals surface area contributed by atoms with Crippen LogP contribution in [0.2, 0.25) is 5.15 Å². The summed E-state index contributed by atoms with van der Waals surface area (Å²) < 4.78 is 19.5. The van der Waals surface area contributed by atoms with E-state index in [1.54, 1.807) is 18.2 Å². The fourth-order valence-corrected chi connectivity index (χ4v) is 2.72. The summed E-state index contributed by atoms with van der Waals surface area (Å²) >= 11 is 8.08. The highest BCUT2D eigenvalue weighted by atomic mass is 127. The maximum atomic E-state index is 13.0. The number of nitrogens with zero attached hydrogens (tertiary/aromatic N) is 1. The van der Waals surface area contributed by atoms with E-state index in [0.29, 0.717) is 27.7 Å². The van der Waals surface area contributed by atoms with Crippen molar-refractivity contribution >= 4 is 34.2 Å². The van der Waals surface area contributed by atoms with Gasteiger partial charge in [-0.15, -0.1) is 0 Å². The van der Waals surface area contributed by atoms with Crippen LogP contribution in [0.15, 0.2) is 42.5 Å². The lowest BCUT2D eigenvalue weighted by Crippen LogP contribution is -2.06. The molecule has 0 saturated heterocycles. The standard InChI is InChI=1S/C15H12ClFINO2/c1-9(7-20)8-21-15-12(18)6-13(16)19-14(15)10-2-4-11(17)5-3-10/h2-6,20H,1,7-8H2. The van der Waals surface area contributed by atoms with Crippen molar-refractivity contribution in [3.8, 4) is 17.0 Å². The molecule has 0 aliphatic heterocycles. The van der Waals surface area contributed by atoms with Crippen LogP contribution >= 0.6 is 34.2 Å². The molecule has 0 unspecified atom stereocenters. The molecule has 0 bridgehead atoms. The maximum absolute atomic E-state index is 13.0. The second-order valence-electron chi connectivity index (χ2n) is 4.31. The summed E-state index contributed by atoms with van der Waals surface area (Å²) in [4.78, 5) is 4.26. The van der Waals surface area contributed by atoms with Gasteiger partial charge in [-0.05, 0) is 58.5 Å². The van der Waals surface area contributed by atoms with Crippen molar-refractivity contribution in [1.82, 2.24) is 4.98 Å². The molecule has 1 N–H and O–H groups in total. The lowest BCUT2D eigenvalue weighted by molar-refractivity contribution is 0.288. The second-order valence-corrected chi connectivity index (χ2v) is 5.86. The first-order chi connectivity index (χ1) is 10.0. The number of aromatic nitrogens is 1. The molecule has 1 aromatic carbocycles. The largest absolute Gasteiger partial charge is 0.486 e. The van der Waals surface area contributed by atoms with E-state index in [1.807, 2.05) is 0 Å². The minimum Gasteiger partial charge on any atom is -0.486 e. The van der Waals surface area contributed by atoms with Crippen LogP contribution in [0.3, 0.4) is 0 Å². The molecule has 0 saturated carbocycles. The number of benzene rings is 1. The van der Waals surface area contributed by atoms with Crippen LogP contribution in [0.1, 0.15) is 0 Å². The van der Waals surface area contributed by atoms with Crippen molar-refractivity contribution in [3.63, 3.8) is 0 Å². The number of ether oxygens (including phenoxy) is 1. The molecule has 21 heavy (non-hydrogen) atoms. The van der Waals surface area contributed by atoms with E-state index in [0.717, 1.165) is 3.57 Å². The third-order valence-corrected chi connectivity index (χ3v) is 3.65. The minimum absolute atomic E-state index is 0.149. The minimum atomic E-state index is -0.327. The topological polar surface area (TPSA) is 42.4 Å². The lowest BCUT2D eigenvalue weighted by Gasteiger charge is -2.14. The number of hydrogen-bond donors (Lipinski definition) is 1. The number of aliphatic hydroxyl groups is 1. The zero-order valence-corrected chi connectivity index (χ0v) is 13.9. The molecule has 6 heteroatoms. The van der Waals surface area contributed by atoms with Gasteiger partial charge in [-0.3, -0.25) is 0 Å². The fraction of sp³-hybridized carbons (Fsp3) is 0.133. The molecular weight excluding hydrogens is 408 g/mol. The first kappa shape index (κ1) is 16.2. The summed E-state index contributed by atoms with van der Waals surface area (Å²) in [7, 11) is 0.